The molecule has 0 aliphatic carbocycles. The van der Waals surface area contributed by atoms with E-state index in [-0.39, 0.29) is 34.2 Å². The Morgan fingerprint density at radius 3 is 2.11 bits per heavy atom. The topological polar surface area (TPSA) is 176 Å². The molecule has 5 rings (SSSR count). The molecule has 2 amide bonds. The number of benzene rings is 4. The number of pyridine rings is 1. The highest BCUT2D eigenvalue weighted by molar-refractivity contribution is 7.86. The smallest absolute Gasteiger partial charge is 0.328 e. The molecule has 1 unspecified atom stereocenters. The van der Waals surface area contributed by atoms with Crippen LogP contribution in [0.1, 0.15) is 45.5 Å². The van der Waals surface area contributed by atoms with Crippen molar-refractivity contribution in [1.29, 1.82) is 0 Å². The zero-order chi connectivity index (χ0) is 37.6. The van der Waals surface area contributed by atoms with Crippen molar-refractivity contribution in [2.75, 3.05) is 19.1 Å². The third-order valence-electron chi connectivity index (χ3n) is 8.00. The van der Waals surface area contributed by atoms with E-state index in [1.807, 2.05) is 48.5 Å². The van der Waals surface area contributed by atoms with Crippen LogP contribution in [0.2, 0.25) is 0 Å². The second-order valence-electron chi connectivity index (χ2n) is 11.7. The Hall–Kier alpha value is -5.75. The van der Waals surface area contributed by atoms with Gasteiger partial charge in [-0.2, -0.15) is 13.5 Å². The van der Waals surface area contributed by atoms with E-state index in [1.165, 1.54) is 60.5 Å². The van der Waals surface area contributed by atoms with Crippen LogP contribution in [0.5, 0.6) is 0 Å². The number of nitrogens with one attached hydrogen (secondary N) is 3. The molecule has 0 fully saturated rings. The van der Waals surface area contributed by atoms with Crippen LogP contribution in [-0.2, 0) is 19.6 Å². The summed E-state index contributed by atoms with van der Waals surface area (Å²) in [4.78, 5) is 42.5. The number of carbonyl (C=O) groups excluding carboxylic acids is 3. The lowest BCUT2D eigenvalue weighted by atomic mass is 10.1. The van der Waals surface area contributed by atoms with Crippen molar-refractivity contribution in [3.05, 3.63) is 144 Å². The summed E-state index contributed by atoms with van der Waals surface area (Å²) in [5.74, 6) is -1.07. The standard InChI is InChI=1S/C39H38N5O7PS/c1-51-39(47)34(43-38(46)30-22-23-36(41-26-30)44-42-27-29-13-8-9-21-35(29)53(48,49)50)20-10-11-24-40-37(45)28-14-12-19-33(25-28)52(31-15-4-2-5-16-31)32-17-6-3-7-18-32/h2-9,12-19,21-23,25-27,34H,10-11,20,24H2,1H3,(H,40,45)(H,41,44)(H,43,46)(H,48,49,50). The maximum absolute atomic E-state index is 13.2. The summed E-state index contributed by atoms with van der Waals surface area (Å²) in [5.41, 5.74) is 3.54. The fraction of sp³-hybridized carbons (Fsp3) is 0.154. The molecule has 272 valence electrons. The van der Waals surface area contributed by atoms with Gasteiger partial charge in [0.15, 0.2) is 0 Å². The molecule has 53 heavy (non-hydrogen) atoms. The number of rotatable bonds is 16. The average Bonchev–Trinajstić information content (AvgIpc) is 3.18. The Balaban J connectivity index is 1.12. The monoisotopic (exact) mass is 751 g/mol. The summed E-state index contributed by atoms with van der Waals surface area (Å²) >= 11 is 0. The number of aromatic nitrogens is 1. The summed E-state index contributed by atoms with van der Waals surface area (Å²) < 4.78 is 37.4. The minimum absolute atomic E-state index is 0.164. The highest BCUT2D eigenvalue weighted by atomic mass is 32.2. The lowest BCUT2D eigenvalue weighted by Gasteiger charge is -2.20. The minimum Gasteiger partial charge on any atom is -0.467 e. The van der Waals surface area contributed by atoms with Gasteiger partial charge in [0, 0.05) is 23.9 Å². The van der Waals surface area contributed by atoms with Gasteiger partial charge in [0.05, 0.1) is 18.9 Å². The van der Waals surface area contributed by atoms with Gasteiger partial charge in [-0.1, -0.05) is 91.0 Å². The normalized spacial score (nSPS) is 11.9. The largest absolute Gasteiger partial charge is 0.467 e. The van der Waals surface area contributed by atoms with E-state index in [0.29, 0.717) is 24.9 Å². The summed E-state index contributed by atoms with van der Waals surface area (Å²) in [5, 5.41) is 13.1. The number of carbonyl (C=O) groups is 3. The Labute approximate surface area is 309 Å². The van der Waals surface area contributed by atoms with Crippen molar-refractivity contribution in [3.8, 4) is 0 Å². The van der Waals surface area contributed by atoms with Gasteiger partial charge >= 0.3 is 5.97 Å². The van der Waals surface area contributed by atoms with E-state index in [1.54, 1.807) is 12.1 Å². The van der Waals surface area contributed by atoms with Crippen LogP contribution in [-0.4, -0.2) is 61.6 Å². The SMILES string of the molecule is COC(=O)C(CCCCNC(=O)c1cccc(P(c2ccccc2)c2ccccc2)c1)NC(=O)c1ccc(NN=Cc2ccccc2S(=O)(=O)O)nc1. The number of esters is 1. The van der Waals surface area contributed by atoms with Crippen molar-refractivity contribution in [1.82, 2.24) is 15.6 Å². The first kappa shape index (κ1) is 38.5. The van der Waals surface area contributed by atoms with E-state index in [0.717, 1.165) is 5.30 Å². The lowest BCUT2D eigenvalue weighted by Crippen LogP contribution is -2.41. The molecule has 0 radical (unpaired) electrons. The van der Waals surface area contributed by atoms with Crippen molar-refractivity contribution in [2.24, 2.45) is 5.10 Å². The molecule has 14 heteroatoms. The molecule has 4 aromatic carbocycles. The predicted molar refractivity (Wildman–Crippen MR) is 206 cm³/mol. The van der Waals surface area contributed by atoms with Gasteiger partial charge in [-0.3, -0.25) is 19.6 Å². The molecule has 0 aliphatic rings. The summed E-state index contributed by atoms with van der Waals surface area (Å²) in [6, 6.07) is 36.0. The second kappa shape index (κ2) is 18.7. The van der Waals surface area contributed by atoms with Crippen LogP contribution in [0.25, 0.3) is 0 Å². The number of hydrazone groups is 1. The van der Waals surface area contributed by atoms with Gasteiger partial charge in [-0.05, 0) is 73.4 Å². The van der Waals surface area contributed by atoms with E-state index < -0.39 is 36.0 Å². The molecule has 0 saturated carbocycles. The van der Waals surface area contributed by atoms with Gasteiger partial charge in [0.25, 0.3) is 21.9 Å². The first-order chi connectivity index (χ1) is 25.6. The number of ether oxygens (including phenoxy) is 1. The highest BCUT2D eigenvalue weighted by Gasteiger charge is 2.22. The third-order valence-corrected chi connectivity index (χ3v) is 11.3. The zero-order valence-corrected chi connectivity index (χ0v) is 30.5. The molecular formula is C39H38N5O7PS. The van der Waals surface area contributed by atoms with Crippen molar-refractivity contribution in [2.45, 2.75) is 30.2 Å². The van der Waals surface area contributed by atoms with Crippen LogP contribution < -0.4 is 32.0 Å². The maximum atomic E-state index is 13.2. The molecule has 0 saturated heterocycles. The van der Waals surface area contributed by atoms with E-state index in [2.05, 4.69) is 56.5 Å². The van der Waals surface area contributed by atoms with Gasteiger partial charge in [0.1, 0.15) is 16.8 Å². The molecule has 12 nitrogen and oxygen atoms in total. The van der Waals surface area contributed by atoms with Gasteiger partial charge < -0.3 is 15.4 Å². The van der Waals surface area contributed by atoms with Crippen LogP contribution in [0.3, 0.4) is 0 Å². The van der Waals surface area contributed by atoms with Crippen LogP contribution in [0, 0.1) is 0 Å². The number of hydrogen-bond acceptors (Lipinski definition) is 9. The highest BCUT2D eigenvalue weighted by Crippen LogP contribution is 2.32. The summed E-state index contributed by atoms with van der Waals surface area (Å²) in [6.07, 6.45) is 3.88. The summed E-state index contributed by atoms with van der Waals surface area (Å²) in [7, 11) is -4.04. The number of nitrogens with zero attached hydrogens (tertiary/aromatic N) is 2. The van der Waals surface area contributed by atoms with Crippen LogP contribution >= 0.6 is 7.92 Å². The molecule has 1 atom stereocenters. The Morgan fingerprint density at radius 2 is 1.47 bits per heavy atom. The Bertz CT molecular complexity index is 2110. The zero-order valence-electron chi connectivity index (χ0n) is 28.8. The van der Waals surface area contributed by atoms with Gasteiger partial charge in [0.2, 0.25) is 0 Å². The number of unbranched alkanes of at least 4 members (excludes halogenated alkanes) is 1. The molecule has 0 spiro atoms. The molecule has 5 aromatic rings. The summed E-state index contributed by atoms with van der Waals surface area (Å²) in [6.45, 7) is 0.374. The second-order valence-corrected chi connectivity index (χ2v) is 15.3. The van der Waals surface area contributed by atoms with E-state index in [9.17, 15) is 27.4 Å². The van der Waals surface area contributed by atoms with Crippen molar-refractivity contribution >= 4 is 63.8 Å². The van der Waals surface area contributed by atoms with Gasteiger partial charge in [-0.15, -0.1) is 0 Å². The maximum Gasteiger partial charge on any atom is 0.328 e. The van der Waals surface area contributed by atoms with Crippen molar-refractivity contribution < 1.29 is 32.1 Å². The molecule has 0 bridgehead atoms. The molecule has 4 N–H and O–H groups in total. The van der Waals surface area contributed by atoms with Crippen molar-refractivity contribution in [3.63, 3.8) is 0 Å². The molecular weight excluding hydrogens is 713 g/mol. The average molecular weight is 752 g/mol. The number of amides is 2. The predicted octanol–water partition coefficient (Wildman–Crippen LogP) is 4.40. The fourth-order valence-electron chi connectivity index (χ4n) is 5.38. The minimum atomic E-state index is -4.43. The molecule has 1 heterocycles. The number of anilines is 1. The van der Waals surface area contributed by atoms with Crippen LogP contribution in [0.15, 0.2) is 138 Å². The van der Waals surface area contributed by atoms with E-state index >= 15 is 0 Å². The van der Waals surface area contributed by atoms with Crippen LogP contribution in [0.4, 0.5) is 5.82 Å². The lowest BCUT2D eigenvalue weighted by molar-refractivity contribution is -0.143. The third kappa shape index (κ3) is 10.9. The molecule has 1 aromatic heterocycles. The first-order valence-corrected chi connectivity index (χ1v) is 19.4. The quantitative estimate of drug-likeness (QED) is 0.0284. The number of methoxy groups -OCH3 is 1. The van der Waals surface area contributed by atoms with E-state index in [4.69, 9.17) is 4.74 Å². The Kier molecular flexibility index (Phi) is 13.5. The first-order valence-electron chi connectivity index (χ1n) is 16.6. The number of hydrogen-bond donors (Lipinski definition) is 4. The van der Waals surface area contributed by atoms with Gasteiger partial charge in [-0.25, -0.2) is 9.78 Å². The fourth-order valence-corrected chi connectivity index (χ4v) is 8.39. The molecule has 0 aliphatic heterocycles. The Morgan fingerprint density at radius 1 is 0.811 bits per heavy atom.